The van der Waals surface area contributed by atoms with Crippen LogP contribution in [0.1, 0.15) is 5.69 Å². The number of aromatic hydroxyl groups is 1. The number of aromatic nitrogens is 2. The molecule has 90 valence electrons. The molecule has 0 aliphatic heterocycles. The topological polar surface area (TPSA) is 46.0 Å². The van der Waals surface area contributed by atoms with Gasteiger partial charge in [0.2, 0.25) is 11.6 Å². The van der Waals surface area contributed by atoms with E-state index in [1.807, 2.05) is 0 Å². The number of fused-ring (bicyclic) bond motifs is 1. The Bertz CT molecular complexity index is 600. The molecule has 2 aromatic rings. The third-order valence-electron chi connectivity index (χ3n) is 1.96. The molecular weight excluding hydrogens is 264 g/mol. The van der Waals surface area contributed by atoms with E-state index >= 15 is 0 Å². The van der Waals surface area contributed by atoms with Crippen molar-refractivity contribution in [2.24, 2.45) is 0 Å². The smallest absolute Gasteiger partial charge is 0.438 e. The quantitative estimate of drug-likeness (QED) is 0.745. The maximum Gasteiger partial charge on any atom is 0.438 e. The third kappa shape index (κ3) is 2.10. The van der Waals surface area contributed by atoms with Crippen molar-refractivity contribution in [3.8, 4) is 5.88 Å². The molecule has 1 N–H and O–H groups in total. The van der Waals surface area contributed by atoms with Gasteiger partial charge in [0, 0.05) is 6.07 Å². The largest absolute Gasteiger partial charge is 0.492 e. The average molecular weight is 267 g/mol. The lowest BCUT2D eigenvalue weighted by atomic mass is 10.2. The van der Waals surface area contributed by atoms with Crippen LogP contribution < -0.4 is 0 Å². The minimum Gasteiger partial charge on any atom is -0.492 e. The van der Waals surface area contributed by atoms with Crippen molar-refractivity contribution < 1.29 is 22.7 Å². The molecule has 0 radical (unpaired) electrons. The number of hydrogen-bond acceptors (Lipinski definition) is 3. The molecule has 3 nitrogen and oxygen atoms in total. The maximum atomic E-state index is 13.0. The van der Waals surface area contributed by atoms with Gasteiger partial charge in [-0.3, -0.25) is 0 Å². The van der Waals surface area contributed by atoms with Crippen LogP contribution in [0.5, 0.6) is 5.88 Å². The van der Waals surface area contributed by atoms with Crippen LogP contribution in [0.15, 0.2) is 12.1 Å². The molecule has 8 heteroatoms. The predicted octanol–water partition coefficient (Wildman–Crippen LogP) is 3.15. The van der Waals surface area contributed by atoms with E-state index in [4.69, 9.17) is 16.7 Å². The van der Waals surface area contributed by atoms with Gasteiger partial charge in [-0.15, -0.1) is 0 Å². The molecule has 0 fully saturated rings. The number of hydrogen-bond donors (Lipinski definition) is 1. The van der Waals surface area contributed by atoms with Crippen LogP contribution in [0, 0.1) is 5.82 Å². The lowest BCUT2D eigenvalue weighted by Crippen LogP contribution is -2.09. The summed E-state index contributed by atoms with van der Waals surface area (Å²) in [4.78, 5) is 6.38. The second-order valence-electron chi connectivity index (χ2n) is 3.15. The second-order valence-corrected chi connectivity index (χ2v) is 3.56. The van der Waals surface area contributed by atoms with Crippen LogP contribution >= 0.6 is 11.6 Å². The Morgan fingerprint density at radius 3 is 2.29 bits per heavy atom. The van der Waals surface area contributed by atoms with Gasteiger partial charge in [-0.25, -0.2) is 14.4 Å². The molecule has 0 amide bonds. The van der Waals surface area contributed by atoms with Crippen molar-refractivity contribution in [3.05, 3.63) is 28.7 Å². The Morgan fingerprint density at radius 1 is 1.12 bits per heavy atom. The van der Waals surface area contributed by atoms with Gasteiger partial charge >= 0.3 is 6.18 Å². The lowest BCUT2D eigenvalue weighted by Gasteiger charge is -2.08. The van der Waals surface area contributed by atoms with E-state index in [9.17, 15) is 17.6 Å². The predicted molar refractivity (Wildman–Crippen MR) is 51.2 cm³/mol. The molecule has 1 aromatic heterocycles. The Labute approximate surface area is 96.7 Å². The maximum absolute atomic E-state index is 13.0. The highest BCUT2D eigenvalue weighted by Gasteiger charge is 2.37. The van der Waals surface area contributed by atoms with E-state index in [1.54, 1.807) is 0 Å². The van der Waals surface area contributed by atoms with Gasteiger partial charge in [0.15, 0.2) is 0 Å². The zero-order chi connectivity index (χ0) is 12.8. The average Bonchev–Trinajstić information content (AvgIpc) is 2.18. The van der Waals surface area contributed by atoms with Crippen LogP contribution in [0.3, 0.4) is 0 Å². The summed E-state index contributed by atoms with van der Waals surface area (Å²) in [6, 6.07) is 1.71. The Hall–Kier alpha value is -1.63. The van der Waals surface area contributed by atoms with Gasteiger partial charge in [0.05, 0.1) is 16.1 Å². The Balaban J connectivity index is 2.76. The molecule has 0 saturated carbocycles. The summed E-state index contributed by atoms with van der Waals surface area (Å²) in [6.07, 6.45) is -4.86. The number of alkyl halides is 3. The van der Waals surface area contributed by atoms with Gasteiger partial charge in [-0.1, -0.05) is 11.6 Å². The standard InChI is InChI=1S/C9H3ClF4N2O/c10-3-1-5-6(2-4(3)11)15-7(8(17)16-5)9(12,13)14/h1-2H,(H,16,17). The van der Waals surface area contributed by atoms with Crippen molar-refractivity contribution >= 4 is 22.6 Å². The van der Waals surface area contributed by atoms with Gasteiger partial charge in [-0.05, 0) is 6.07 Å². The van der Waals surface area contributed by atoms with Crippen LogP contribution in [-0.4, -0.2) is 15.1 Å². The zero-order valence-corrected chi connectivity index (χ0v) is 8.64. The summed E-state index contributed by atoms with van der Waals surface area (Å²) in [5.41, 5.74) is -2.02. The normalized spacial score (nSPS) is 12.1. The van der Waals surface area contributed by atoms with E-state index in [-0.39, 0.29) is 16.1 Å². The minimum atomic E-state index is -4.86. The summed E-state index contributed by atoms with van der Waals surface area (Å²) in [6.45, 7) is 0. The van der Waals surface area contributed by atoms with Gasteiger partial charge in [-0.2, -0.15) is 13.2 Å². The van der Waals surface area contributed by atoms with Crippen molar-refractivity contribution in [1.82, 2.24) is 9.97 Å². The third-order valence-corrected chi connectivity index (χ3v) is 2.25. The van der Waals surface area contributed by atoms with E-state index in [0.29, 0.717) is 0 Å². The lowest BCUT2D eigenvalue weighted by molar-refractivity contribution is -0.142. The molecular formula is C9H3ClF4N2O. The van der Waals surface area contributed by atoms with Crippen molar-refractivity contribution in [1.29, 1.82) is 0 Å². The van der Waals surface area contributed by atoms with Gasteiger partial charge in [0.25, 0.3) is 0 Å². The van der Waals surface area contributed by atoms with E-state index in [2.05, 4.69) is 9.97 Å². The fourth-order valence-electron chi connectivity index (χ4n) is 1.23. The molecule has 0 aliphatic rings. The van der Waals surface area contributed by atoms with E-state index < -0.39 is 23.6 Å². The summed E-state index contributed by atoms with van der Waals surface area (Å²) in [5, 5.41) is 8.76. The van der Waals surface area contributed by atoms with Crippen molar-refractivity contribution in [2.75, 3.05) is 0 Å². The minimum absolute atomic E-state index is 0.123. The highest BCUT2D eigenvalue weighted by atomic mass is 35.5. The Morgan fingerprint density at radius 2 is 1.71 bits per heavy atom. The van der Waals surface area contributed by atoms with E-state index in [0.717, 1.165) is 12.1 Å². The van der Waals surface area contributed by atoms with Crippen molar-refractivity contribution in [2.45, 2.75) is 6.18 Å². The highest BCUT2D eigenvalue weighted by molar-refractivity contribution is 6.31. The van der Waals surface area contributed by atoms with Crippen LogP contribution in [0.25, 0.3) is 11.0 Å². The first-order valence-corrected chi connectivity index (χ1v) is 4.60. The molecule has 0 saturated heterocycles. The molecule has 0 unspecified atom stereocenters. The van der Waals surface area contributed by atoms with Gasteiger partial charge in [0.1, 0.15) is 5.82 Å². The fraction of sp³-hybridized carbons (Fsp3) is 0.111. The summed E-state index contributed by atoms with van der Waals surface area (Å²) in [5.74, 6) is -2.18. The molecule has 0 spiro atoms. The molecule has 0 aliphatic carbocycles. The molecule has 1 heterocycles. The fourth-order valence-corrected chi connectivity index (χ4v) is 1.39. The first kappa shape index (κ1) is 11.8. The summed E-state index contributed by atoms with van der Waals surface area (Å²) < 4.78 is 50.2. The Kier molecular flexibility index (Phi) is 2.57. The number of benzene rings is 1. The van der Waals surface area contributed by atoms with Crippen LogP contribution in [0.2, 0.25) is 5.02 Å². The number of rotatable bonds is 0. The highest BCUT2D eigenvalue weighted by Crippen LogP contribution is 2.34. The van der Waals surface area contributed by atoms with Crippen LogP contribution in [-0.2, 0) is 6.18 Å². The SMILES string of the molecule is Oc1nc2cc(Cl)c(F)cc2nc1C(F)(F)F. The molecule has 0 bridgehead atoms. The molecule has 1 aromatic carbocycles. The second kappa shape index (κ2) is 3.69. The summed E-state index contributed by atoms with van der Waals surface area (Å²) in [7, 11) is 0. The summed E-state index contributed by atoms with van der Waals surface area (Å²) >= 11 is 5.42. The van der Waals surface area contributed by atoms with Gasteiger partial charge < -0.3 is 5.11 Å². The van der Waals surface area contributed by atoms with Crippen molar-refractivity contribution in [3.63, 3.8) is 0 Å². The first-order chi connectivity index (χ1) is 7.79. The van der Waals surface area contributed by atoms with E-state index in [1.165, 1.54) is 0 Å². The monoisotopic (exact) mass is 266 g/mol. The molecule has 17 heavy (non-hydrogen) atoms. The number of nitrogens with zero attached hydrogens (tertiary/aromatic N) is 2. The zero-order valence-electron chi connectivity index (χ0n) is 7.89. The molecule has 2 rings (SSSR count). The first-order valence-electron chi connectivity index (χ1n) is 4.22. The molecule has 0 atom stereocenters. The number of halogens is 5. The van der Waals surface area contributed by atoms with Crippen LogP contribution in [0.4, 0.5) is 17.6 Å².